The van der Waals surface area contributed by atoms with E-state index in [1.54, 1.807) is 0 Å². The third kappa shape index (κ3) is 5.23. The summed E-state index contributed by atoms with van der Waals surface area (Å²) in [7, 11) is 0. The van der Waals surface area contributed by atoms with E-state index >= 15 is 0 Å². The molecule has 0 radical (unpaired) electrons. The van der Waals surface area contributed by atoms with Crippen molar-refractivity contribution in [2.45, 2.75) is 30.1 Å². The van der Waals surface area contributed by atoms with Gasteiger partial charge in [-0.2, -0.15) is 0 Å². The van der Waals surface area contributed by atoms with Gasteiger partial charge < -0.3 is 4.90 Å². The Morgan fingerprint density at radius 3 is 1.26 bits per heavy atom. The SMILES string of the molecule is CC1(C)c2ccccc2-c2ccc(N(c3ccccc3)c3ccc(-c4ccc5c(c4)-c4ccccc4C54c5ccccc5C(c5ccccc5)(c5ccccc5)c5ccccc54)cc3)cc21. The summed E-state index contributed by atoms with van der Waals surface area (Å²) in [5, 5.41) is 0. The van der Waals surface area contributed by atoms with Gasteiger partial charge in [0.1, 0.15) is 0 Å². The average Bonchev–Trinajstić information content (AvgIpc) is 3.80. The molecule has 10 aromatic carbocycles. The zero-order valence-electron chi connectivity index (χ0n) is 37.1. The number of fused-ring (bicyclic) bond motifs is 12. The summed E-state index contributed by atoms with van der Waals surface area (Å²) >= 11 is 0. The van der Waals surface area contributed by atoms with Crippen LogP contribution in [0.1, 0.15) is 69.5 Å². The second-order valence-electron chi connectivity index (χ2n) is 18.7. The number of benzene rings is 10. The maximum atomic E-state index is 2.45. The molecule has 3 aliphatic rings. The van der Waals surface area contributed by atoms with Crippen molar-refractivity contribution in [3.8, 4) is 33.4 Å². The average molecular weight is 842 g/mol. The highest BCUT2D eigenvalue weighted by atomic mass is 15.1. The molecule has 0 bridgehead atoms. The van der Waals surface area contributed by atoms with Gasteiger partial charge in [-0.15, -0.1) is 0 Å². The Hall–Kier alpha value is -8.00. The molecular formula is C65H47N. The van der Waals surface area contributed by atoms with Crippen molar-refractivity contribution in [1.82, 2.24) is 0 Å². The number of para-hydroxylation sites is 1. The monoisotopic (exact) mass is 841 g/mol. The fraction of sp³-hybridized carbons (Fsp3) is 0.0769. The van der Waals surface area contributed by atoms with E-state index in [-0.39, 0.29) is 5.41 Å². The van der Waals surface area contributed by atoms with Gasteiger partial charge in [0, 0.05) is 22.5 Å². The molecular weight excluding hydrogens is 795 g/mol. The van der Waals surface area contributed by atoms with Crippen molar-refractivity contribution >= 4 is 17.1 Å². The maximum absolute atomic E-state index is 2.45. The highest BCUT2D eigenvalue weighted by Crippen LogP contribution is 2.64. The van der Waals surface area contributed by atoms with Crippen LogP contribution in [-0.4, -0.2) is 0 Å². The predicted molar refractivity (Wildman–Crippen MR) is 273 cm³/mol. The Morgan fingerprint density at radius 1 is 0.258 bits per heavy atom. The lowest BCUT2D eigenvalue weighted by Gasteiger charge is -2.50. The molecule has 3 aliphatic carbocycles. The van der Waals surface area contributed by atoms with Crippen LogP contribution in [0.5, 0.6) is 0 Å². The molecule has 0 aliphatic heterocycles. The minimum absolute atomic E-state index is 0.0897. The van der Waals surface area contributed by atoms with Gasteiger partial charge in [0.15, 0.2) is 0 Å². The van der Waals surface area contributed by atoms with Crippen molar-refractivity contribution in [1.29, 1.82) is 0 Å². The first kappa shape index (κ1) is 38.5. The molecule has 0 aromatic heterocycles. The Kier molecular flexibility index (Phi) is 8.45. The highest BCUT2D eigenvalue weighted by molar-refractivity contribution is 5.92. The van der Waals surface area contributed by atoms with E-state index < -0.39 is 10.8 Å². The van der Waals surface area contributed by atoms with Crippen molar-refractivity contribution in [3.05, 3.63) is 304 Å². The molecule has 1 nitrogen and oxygen atoms in total. The summed E-state index contributed by atoms with van der Waals surface area (Å²) in [6.07, 6.45) is 0. The molecule has 10 aromatic rings. The molecule has 0 heterocycles. The van der Waals surface area contributed by atoms with Crippen LogP contribution in [0.4, 0.5) is 17.1 Å². The lowest BCUT2D eigenvalue weighted by molar-refractivity contribution is 0.623. The molecule has 0 saturated heterocycles. The molecule has 0 atom stereocenters. The third-order valence-electron chi connectivity index (χ3n) is 15.2. The maximum Gasteiger partial charge on any atom is 0.0720 e. The van der Waals surface area contributed by atoms with E-state index in [1.165, 1.54) is 89.0 Å². The minimum Gasteiger partial charge on any atom is -0.310 e. The van der Waals surface area contributed by atoms with Gasteiger partial charge in [-0.05, 0) is 131 Å². The standard InChI is InChI=1S/C65H47N/c1-63(2)55-28-14-12-26-51(55)53-40-39-50(43-62(53)63)66(48-24-10-5-11-25-48)49-37-34-44(35-38-49)45-36-41-57-54(42-45)52-27-13-15-29-56(52)65(57)60-32-18-16-30-58(60)64(46-20-6-3-7-21-46,47-22-8-4-9-23-47)59-31-17-19-33-61(59)65/h3-43H,1-2H3. The lowest BCUT2D eigenvalue weighted by atomic mass is 9.51. The largest absolute Gasteiger partial charge is 0.310 e. The first-order valence-corrected chi connectivity index (χ1v) is 23.3. The van der Waals surface area contributed by atoms with Crippen molar-refractivity contribution in [2.75, 3.05) is 4.90 Å². The van der Waals surface area contributed by atoms with Gasteiger partial charge >= 0.3 is 0 Å². The number of anilines is 3. The zero-order valence-corrected chi connectivity index (χ0v) is 37.1. The van der Waals surface area contributed by atoms with Crippen molar-refractivity contribution in [2.24, 2.45) is 0 Å². The fourth-order valence-electron chi connectivity index (χ4n) is 12.4. The van der Waals surface area contributed by atoms with E-state index in [2.05, 4.69) is 267 Å². The van der Waals surface area contributed by atoms with Gasteiger partial charge in [0.05, 0.1) is 10.8 Å². The van der Waals surface area contributed by atoms with Gasteiger partial charge in [0.2, 0.25) is 0 Å². The lowest BCUT2D eigenvalue weighted by Crippen LogP contribution is -2.44. The first-order chi connectivity index (χ1) is 32.5. The summed E-state index contributed by atoms with van der Waals surface area (Å²) in [4.78, 5) is 2.40. The summed E-state index contributed by atoms with van der Waals surface area (Å²) in [6.45, 7) is 4.71. The summed E-state index contributed by atoms with van der Waals surface area (Å²) in [5.74, 6) is 0. The Bertz CT molecular complexity index is 3400. The molecule has 66 heavy (non-hydrogen) atoms. The van der Waals surface area contributed by atoms with Gasteiger partial charge in [0.25, 0.3) is 0 Å². The van der Waals surface area contributed by atoms with E-state index in [0.29, 0.717) is 0 Å². The topological polar surface area (TPSA) is 3.24 Å². The predicted octanol–water partition coefficient (Wildman–Crippen LogP) is 16.2. The van der Waals surface area contributed by atoms with E-state index in [4.69, 9.17) is 0 Å². The molecule has 0 unspecified atom stereocenters. The van der Waals surface area contributed by atoms with Crippen molar-refractivity contribution < 1.29 is 0 Å². The molecule has 13 rings (SSSR count). The Morgan fingerprint density at radius 2 is 0.667 bits per heavy atom. The third-order valence-corrected chi connectivity index (χ3v) is 15.2. The first-order valence-electron chi connectivity index (χ1n) is 23.3. The Balaban J connectivity index is 0.958. The van der Waals surface area contributed by atoms with Crippen LogP contribution in [-0.2, 0) is 16.2 Å². The van der Waals surface area contributed by atoms with Crippen LogP contribution >= 0.6 is 0 Å². The van der Waals surface area contributed by atoms with Crippen LogP contribution in [0, 0.1) is 0 Å². The molecule has 1 heteroatoms. The molecule has 312 valence electrons. The molecule has 0 N–H and O–H groups in total. The van der Waals surface area contributed by atoms with Crippen molar-refractivity contribution in [3.63, 3.8) is 0 Å². The van der Waals surface area contributed by atoms with Crippen LogP contribution in [0.3, 0.4) is 0 Å². The molecule has 0 amide bonds. The quantitative estimate of drug-likeness (QED) is 0.161. The van der Waals surface area contributed by atoms with E-state index in [9.17, 15) is 0 Å². The van der Waals surface area contributed by atoms with Crippen LogP contribution < -0.4 is 4.90 Å². The molecule has 0 saturated carbocycles. The van der Waals surface area contributed by atoms with Crippen LogP contribution in [0.2, 0.25) is 0 Å². The molecule has 0 fully saturated rings. The molecule has 1 spiro atoms. The Labute approximate surface area is 388 Å². The van der Waals surface area contributed by atoms with Gasteiger partial charge in [-0.25, -0.2) is 0 Å². The zero-order chi connectivity index (χ0) is 44.0. The number of rotatable bonds is 6. The van der Waals surface area contributed by atoms with Crippen LogP contribution in [0.25, 0.3) is 33.4 Å². The second-order valence-corrected chi connectivity index (χ2v) is 18.7. The van der Waals surface area contributed by atoms with E-state index in [1.807, 2.05) is 0 Å². The van der Waals surface area contributed by atoms with Gasteiger partial charge in [-0.1, -0.05) is 220 Å². The minimum atomic E-state index is -0.519. The van der Waals surface area contributed by atoms with Gasteiger partial charge in [-0.3, -0.25) is 0 Å². The summed E-state index contributed by atoms with van der Waals surface area (Å²) in [5.41, 5.74) is 23.2. The normalized spacial score (nSPS) is 14.9. The number of hydrogen-bond donors (Lipinski definition) is 0. The summed E-state index contributed by atoms with van der Waals surface area (Å²) in [6, 6.07) is 93.1. The summed E-state index contributed by atoms with van der Waals surface area (Å²) < 4.78 is 0. The fourth-order valence-corrected chi connectivity index (χ4v) is 12.4. The number of hydrogen-bond acceptors (Lipinski definition) is 1. The van der Waals surface area contributed by atoms with E-state index in [0.717, 1.165) is 17.1 Å². The smallest absolute Gasteiger partial charge is 0.0720 e. The number of nitrogens with zero attached hydrogens (tertiary/aromatic N) is 1. The second kappa shape index (κ2) is 14.5. The van der Waals surface area contributed by atoms with Crippen LogP contribution in [0.15, 0.2) is 249 Å². The highest BCUT2D eigenvalue weighted by Gasteiger charge is 2.56.